The summed E-state index contributed by atoms with van der Waals surface area (Å²) in [5, 5.41) is 6.82. The normalized spacial score (nSPS) is 13.1. The van der Waals surface area contributed by atoms with Crippen LogP contribution in [0.1, 0.15) is 48.5 Å². The predicted molar refractivity (Wildman–Crippen MR) is 94.6 cm³/mol. The maximum absolute atomic E-state index is 12.4. The van der Waals surface area contributed by atoms with Gasteiger partial charge in [0.05, 0.1) is 11.4 Å². The number of nitrogens with zero attached hydrogens (tertiary/aromatic N) is 1. The quantitative estimate of drug-likeness (QED) is 0.768. The minimum Gasteiger partial charge on any atom is -0.383 e. The first-order chi connectivity index (χ1) is 11.3. The van der Waals surface area contributed by atoms with Crippen molar-refractivity contribution in [3.05, 3.63) is 47.7 Å². The second kappa shape index (κ2) is 7.27. The van der Waals surface area contributed by atoms with Crippen molar-refractivity contribution in [1.29, 1.82) is 0 Å². The molecule has 120 valence electrons. The highest BCUT2D eigenvalue weighted by Gasteiger charge is 2.17. The Hall–Kier alpha value is -2.36. The lowest BCUT2D eigenvalue weighted by Crippen LogP contribution is -2.15. The molecule has 1 aromatic carbocycles. The summed E-state index contributed by atoms with van der Waals surface area (Å²) >= 11 is 0. The van der Waals surface area contributed by atoms with Crippen LogP contribution in [0.2, 0.25) is 0 Å². The van der Waals surface area contributed by atoms with Gasteiger partial charge in [-0.2, -0.15) is 0 Å². The fraction of sp³-hybridized carbons (Fsp3) is 0.368. The molecule has 4 heteroatoms. The van der Waals surface area contributed by atoms with Gasteiger partial charge in [-0.15, -0.1) is 0 Å². The van der Waals surface area contributed by atoms with Gasteiger partial charge in [0.2, 0.25) is 0 Å². The molecule has 2 aromatic rings. The van der Waals surface area contributed by atoms with E-state index in [4.69, 9.17) is 0 Å². The zero-order valence-electron chi connectivity index (χ0n) is 13.6. The zero-order chi connectivity index (χ0) is 16.1. The van der Waals surface area contributed by atoms with Gasteiger partial charge in [-0.05, 0) is 49.1 Å². The van der Waals surface area contributed by atoms with Crippen molar-refractivity contribution in [3.8, 4) is 0 Å². The van der Waals surface area contributed by atoms with Crippen LogP contribution in [0, 0.1) is 0 Å². The smallest absolute Gasteiger partial charge is 0.162 e. The number of anilines is 3. The second-order valence-corrected chi connectivity index (χ2v) is 5.95. The van der Waals surface area contributed by atoms with Crippen molar-refractivity contribution >= 4 is 23.0 Å². The topological polar surface area (TPSA) is 54.0 Å². The van der Waals surface area contributed by atoms with Gasteiger partial charge >= 0.3 is 0 Å². The molecule has 0 radical (unpaired) electrons. The fourth-order valence-corrected chi connectivity index (χ4v) is 2.92. The van der Waals surface area contributed by atoms with Gasteiger partial charge < -0.3 is 10.6 Å². The van der Waals surface area contributed by atoms with Gasteiger partial charge in [-0.25, -0.2) is 4.98 Å². The van der Waals surface area contributed by atoms with Crippen LogP contribution >= 0.6 is 0 Å². The first kappa shape index (κ1) is 15.5. The molecule has 0 saturated carbocycles. The maximum atomic E-state index is 12.4. The lowest BCUT2D eigenvalue weighted by Gasteiger charge is -2.23. The monoisotopic (exact) mass is 309 g/mol. The molecule has 0 saturated heterocycles. The van der Waals surface area contributed by atoms with Gasteiger partial charge in [-0.3, -0.25) is 4.79 Å². The van der Waals surface area contributed by atoms with E-state index in [0.29, 0.717) is 6.42 Å². The molecule has 0 spiro atoms. The van der Waals surface area contributed by atoms with E-state index < -0.39 is 0 Å². The number of ketones is 1. The minimum atomic E-state index is 0.226. The van der Waals surface area contributed by atoms with Crippen LogP contribution in [0.3, 0.4) is 0 Å². The first-order valence-corrected chi connectivity index (χ1v) is 8.40. The average Bonchev–Trinajstić information content (AvgIpc) is 2.60. The van der Waals surface area contributed by atoms with Crippen LogP contribution in [-0.2, 0) is 6.42 Å². The number of nitrogens with one attached hydrogen (secondary N) is 2. The van der Waals surface area contributed by atoms with Crippen LogP contribution in [0.4, 0.5) is 17.2 Å². The van der Waals surface area contributed by atoms with Crippen molar-refractivity contribution in [2.24, 2.45) is 0 Å². The number of unbranched alkanes of at least 4 members (excludes halogenated alkanes) is 1. The van der Waals surface area contributed by atoms with Crippen LogP contribution < -0.4 is 10.6 Å². The summed E-state index contributed by atoms with van der Waals surface area (Å²) in [7, 11) is 0. The molecule has 1 aliphatic rings. The molecule has 23 heavy (non-hydrogen) atoms. The number of Topliss-reactive ketones (excluding diaryl/α,β-unsaturated/α-hetero) is 1. The molecule has 2 heterocycles. The number of aryl methyl sites for hydroxylation is 1. The molecule has 1 aromatic heterocycles. The maximum Gasteiger partial charge on any atom is 0.162 e. The molecule has 0 bridgehead atoms. The minimum absolute atomic E-state index is 0.226. The molecule has 0 amide bonds. The van der Waals surface area contributed by atoms with Gasteiger partial charge in [-0.1, -0.05) is 19.4 Å². The van der Waals surface area contributed by atoms with Crippen molar-refractivity contribution in [1.82, 2.24) is 4.98 Å². The molecule has 4 nitrogen and oxygen atoms in total. The first-order valence-electron chi connectivity index (χ1n) is 8.40. The van der Waals surface area contributed by atoms with Gasteiger partial charge in [0.25, 0.3) is 0 Å². The van der Waals surface area contributed by atoms with Crippen molar-refractivity contribution < 1.29 is 4.79 Å². The summed E-state index contributed by atoms with van der Waals surface area (Å²) < 4.78 is 0. The molecular weight excluding hydrogens is 286 g/mol. The Morgan fingerprint density at radius 3 is 3.04 bits per heavy atom. The number of benzene rings is 1. The number of fused-ring (bicyclic) bond motifs is 1. The largest absolute Gasteiger partial charge is 0.383 e. The molecular formula is C19H23N3O. The highest BCUT2D eigenvalue weighted by Crippen LogP contribution is 2.34. The summed E-state index contributed by atoms with van der Waals surface area (Å²) in [6.45, 7) is 3.07. The molecule has 1 aliphatic heterocycles. The van der Waals surface area contributed by atoms with E-state index in [-0.39, 0.29) is 5.78 Å². The van der Waals surface area contributed by atoms with Crippen LogP contribution in [0.5, 0.6) is 0 Å². The van der Waals surface area contributed by atoms with E-state index >= 15 is 0 Å². The summed E-state index contributed by atoms with van der Waals surface area (Å²) in [4.78, 5) is 16.8. The third kappa shape index (κ3) is 3.70. The number of carbonyl (C=O) groups is 1. The number of hydrogen-bond acceptors (Lipinski definition) is 4. The third-order valence-corrected chi connectivity index (χ3v) is 4.15. The van der Waals surface area contributed by atoms with Gasteiger partial charge in [0, 0.05) is 24.7 Å². The van der Waals surface area contributed by atoms with E-state index in [0.717, 1.165) is 55.0 Å². The molecule has 0 atom stereocenters. The SMILES string of the molecule is CCCCC(=O)c1cc2c(c(Nc3ccccn3)c1)NCCC2. The van der Waals surface area contributed by atoms with Crippen LogP contribution in [-0.4, -0.2) is 17.3 Å². The predicted octanol–water partition coefficient (Wildman–Crippen LogP) is 4.56. The number of pyridine rings is 1. The fourth-order valence-electron chi connectivity index (χ4n) is 2.92. The summed E-state index contributed by atoms with van der Waals surface area (Å²) in [6.07, 6.45) is 6.47. The van der Waals surface area contributed by atoms with E-state index in [1.54, 1.807) is 6.20 Å². The van der Waals surface area contributed by atoms with E-state index in [2.05, 4.69) is 28.6 Å². The summed E-state index contributed by atoms with van der Waals surface area (Å²) in [6, 6.07) is 9.79. The number of rotatable bonds is 6. The Morgan fingerprint density at radius 1 is 1.35 bits per heavy atom. The van der Waals surface area contributed by atoms with E-state index in [9.17, 15) is 4.79 Å². The Morgan fingerprint density at radius 2 is 2.26 bits per heavy atom. The molecule has 3 rings (SSSR count). The highest BCUT2D eigenvalue weighted by atomic mass is 16.1. The standard InChI is InChI=1S/C19H23N3O/c1-2-3-8-17(23)15-12-14-7-6-11-21-19(14)16(13-15)22-18-9-4-5-10-20-18/h4-5,9-10,12-13,21H,2-3,6-8,11H2,1H3,(H,20,22). The van der Waals surface area contributed by atoms with Crippen molar-refractivity contribution in [3.63, 3.8) is 0 Å². The van der Waals surface area contributed by atoms with Crippen LogP contribution in [0.15, 0.2) is 36.5 Å². The zero-order valence-corrected chi connectivity index (χ0v) is 13.6. The summed E-state index contributed by atoms with van der Waals surface area (Å²) in [5.74, 6) is 1.02. The summed E-state index contributed by atoms with van der Waals surface area (Å²) in [5.41, 5.74) is 4.08. The van der Waals surface area contributed by atoms with E-state index in [1.165, 1.54) is 5.56 Å². The Kier molecular flexibility index (Phi) is 4.91. The van der Waals surface area contributed by atoms with Gasteiger partial charge in [0.1, 0.15) is 5.82 Å². The van der Waals surface area contributed by atoms with Crippen LogP contribution in [0.25, 0.3) is 0 Å². The van der Waals surface area contributed by atoms with Gasteiger partial charge in [0.15, 0.2) is 5.78 Å². The Labute approximate surface area is 137 Å². The second-order valence-electron chi connectivity index (χ2n) is 5.95. The third-order valence-electron chi connectivity index (χ3n) is 4.15. The lowest BCUT2D eigenvalue weighted by atomic mass is 9.96. The number of aromatic nitrogens is 1. The van der Waals surface area contributed by atoms with Crippen molar-refractivity contribution in [2.45, 2.75) is 39.0 Å². The lowest BCUT2D eigenvalue weighted by molar-refractivity contribution is 0.0979. The number of carbonyl (C=O) groups excluding carboxylic acids is 1. The molecule has 0 fully saturated rings. The molecule has 0 unspecified atom stereocenters. The molecule has 0 aliphatic carbocycles. The average molecular weight is 309 g/mol. The Bertz CT molecular complexity index is 683. The van der Waals surface area contributed by atoms with E-state index in [1.807, 2.05) is 24.3 Å². The van der Waals surface area contributed by atoms with Crippen molar-refractivity contribution in [2.75, 3.05) is 17.2 Å². The Balaban J connectivity index is 1.94. The highest BCUT2D eigenvalue weighted by molar-refractivity contribution is 5.99. The molecule has 2 N–H and O–H groups in total. The number of hydrogen-bond donors (Lipinski definition) is 2.